The Morgan fingerprint density at radius 3 is 2.33 bits per heavy atom. The number of aliphatic carboxylic acids is 1. The summed E-state index contributed by atoms with van der Waals surface area (Å²) in [5.74, 6) is -0.856. The zero-order valence-corrected chi connectivity index (χ0v) is 9.32. The smallest absolute Gasteiger partial charge is 0.303 e. The summed E-state index contributed by atoms with van der Waals surface area (Å²) in [6.45, 7) is 3.98. The first-order valence-electron chi connectivity index (χ1n) is 5.23. The maximum atomic E-state index is 12.0. The molecule has 1 fully saturated rings. The van der Waals surface area contributed by atoms with Crippen molar-refractivity contribution in [2.75, 3.05) is 6.54 Å². The van der Waals surface area contributed by atoms with Gasteiger partial charge in [-0.25, -0.2) is 0 Å². The Bertz CT molecular complexity index is 259. The number of carbonyl (C=O) groups is 1. The highest BCUT2D eigenvalue weighted by atomic mass is 16.5. The van der Waals surface area contributed by atoms with Crippen molar-refractivity contribution in [3.8, 4) is 0 Å². The molecule has 0 aromatic heterocycles. The van der Waals surface area contributed by atoms with Gasteiger partial charge in [-0.1, -0.05) is 0 Å². The minimum atomic E-state index is -0.856. The van der Waals surface area contributed by atoms with E-state index in [1.165, 1.54) is 0 Å². The molecule has 0 amide bonds. The van der Waals surface area contributed by atoms with Gasteiger partial charge in [0.15, 0.2) is 0 Å². The van der Waals surface area contributed by atoms with Gasteiger partial charge in [0.05, 0.1) is 5.54 Å². The molecule has 0 saturated carbocycles. The zero-order chi connectivity index (χ0) is 11.7. The number of hydroxylamine groups is 2. The van der Waals surface area contributed by atoms with E-state index >= 15 is 0 Å². The van der Waals surface area contributed by atoms with Gasteiger partial charge in [0.2, 0.25) is 0 Å². The maximum Gasteiger partial charge on any atom is 0.303 e. The fourth-order valence-corrected chi connectivity index (χ4v) is 2.18. The molecule has 0 aliphatic carbocycles. The minimum absolute atomic E-state index is 0.0376. The summed E-state index contributed by atoms with van der Waals surface area (Å²) in [5, 5.41) is 21.7. The Labute approximate surface area is 89.8 Å². The maximum absolute atomic E-state index is 12.0. The summed E-state index contributed by atoms with van der Waals surface area (Å²) >= 11 is 0. The van der Waals surface area contributed by atoms with Crippen molar-refractivity contribution in [1.29, 1.82) is 0 Å². The van der Waals surface area contributed by atoms with Crippen LogP contribution in [0.1, 0.15) is 39.5 Å². The van der Waals surface area contributed by atoms with Gasteiger partial charge in [-0.2, -0.15) is 0 Å². The second-order valence-corrected chi connectivity index (χ2v) is 4.89. The number of carboxylic acid groups (broad SMARTS) is 1. The third kappa shape index (κ3) is 2.30. The molecule has 1 saturated heterocycles. The lowest BCUT2D eigenvalue weighted by atomic mass is 9.93. The van der Waals surface area contributed by atoms with Crippen LogP contribution >= 0.6 is 0 Å². The minimum Gasteiger partial charge on any atom is -0.481 e. The molecule has 5 heteroatoms. The zero-order valence-electron chi connectivity index (χ0n) is 9.32. The summed E-state index contributed by atoms with van der Waals surface area (Å²) in [4.78, 5) is 10.5. The van der Waals surface area contributed by atoms with Crippen molar-refractivity contribution >= 4 is 5.97 Å². The van der Waals surface area contributed by atoms with Crippen LogP contribution in [0.3, 0.4) is 0 Å². The van der Waals surface area contributed by atoms with Gasteiger partial charge in [0.25, 0.3) is 0 Å². The van der Waals surface area contributed by atoms with Crippen LogP contribution in [0, 0.1) is 0 Å². The lowest BCUT2D eigenvalue weighted by Crippen LogP contribution is -2.52. The van der Waals surface area contributed by atoms with Crippen molar-refractivity contribution in [3.63, 3.8) is 0 Å². The second kappa shape index (κ2) is 4.08. The number of hydrogen-bond acceptors (Lipinski definition) is 3. The van der Waals surface area contributed by atoms with Crippen LogP contribution in [0.15, 0.2) is 0 Å². The SMILES string of the molecule is C[C@]1(CCC(=O)O)CC[C@@](C)(CN)N1[O]. The van der Waals surface area contributed by atoms with E-state index in [9.17, 15) is 10.0 Å². The fraction of sp³-hybridized carbons (Fsp3) is 0.900. The van der Waals surface area contributed by atoms with Gasteiger partial charge in [0, 0.05) is 18.5 Å². The van der Waals surface area contributed by atoms with Gasteiger partial charge in [-0.05, 0) is 33.1 Å². The van der Waals surface area contributed by atoms with E-state index in [-0.39, 0.29) is 6.42 Å². The van der Waals surface area contributed by atoms with Crippen molar-refractivity contribution in [2.24, 2.45) is 5.73 Å². The van der Waals surface area contributed by atoms with E-state index in [2.05, 4.69) is 0 Å². The van der Waals surface area contributed by atoms with Crippen LogP contribution in [0.25, 0.3) is 0 Å². The van der Waals surface area contributed by atoms with Crippen molar-refractivity contribution < 1.29 is 15.1 Å². The fourth-order valence-electron chi connectivity index (χ4n) is 2.18. The number of hydrogen-bond donors (Lipinski definition) is 2. The molecule has 2 atom stereocenters. The van der Waals surface area contributed by atoms with Crippen LogP contribution < -0.4 is 5.73 Å². The molecule has 3 N–H and O–H groups in total. The molecule has 0 aromatic rings. The largest absolute Gasteiger partial charge is 0.481 e. The van der Waals surface area contributed by atoms with Crippen LogP contribution in [0.2, 0.25) is 0 Å². The normalized spacial score (nSPS) is 37.1. The monoisotopic (exact) mass is 215 g/mol. The van der Waals surface area contributed by atoms with Crippen molar-refractivity contribution in [2.45, 2.75) is 50.6 Å². The molecule has 87 valence electrons. The molecule has 5 nitrogen and oxygen atoms in total. The summed E-state index contributed by atoms with van der Waals surface area (Å²) in [6.07, 6.45) is 1.89. The van der Waals surface area contributed by atoms with Gasteiger partial charge < -0.3 is 10.8 Å². The lowest BCUT2D eigenvalue weighted by Gasteiger charge is -2.35. The molecule has 0 unspecified atom stereocenters. The Morgan fingerprint density at radius 1 is 1.40 bits per heavy atom. The predicted molar refractivity (Wildman–Crippen MR) is 54.5 cm³/mol. The Morgan fingerprint density at radius 2 is 1.93 bits per heavy atom. The first-order valence-corrected chi connectivity index (χ1v) is 5.23. The second-order valence-electron chi connectivity index (χ2n) is 4.89. The standard InChI is InChI=1S/C10H19N2O3/c1-9(4-3-8(13)14)5-6-10(2,7-11)12(9)15/h3-7,11H2,1-2H3,(H,13,14)/t9-,10-/m0/s1. The van der Waals surface area contributed by atoms with Crippen LogP contribution in [0.4, 0.5) is 0 Å². The van der Waals surface area contributed by atoms with E-state index < -0.39 is 17.0 Å². The third-order valence-electron chi connectivity index (χ3n) is 3.50. The van der Waals surface area contributed by atoms with E-state index in [1.807, 2.05) is 13.8 Å². The Balaban J connectivity index is 2.67. The van der Waals surface area contributed by atoms with Crippen LogP contribution in [-0.4, -0.2) is 33.8 Å². The summed E-state index contributed by atoms with van der Waals surface area (Å²) in [7, 11) is 0. The average Bonchev–Trinajstić information content (AvgIpc) is 2.42. The van der Waals surface area contributed by atoms with Crippen LogP contribution in [-0.2, 0) is 10.0 Å². The Hall–Kier alpha value is -0.650. The van der Waals surface area contributed by atoms with Gasteiger partial charge in [-0.15, -0.1) is 10.3 Å². The molecule has 1 aliphatic rings. The number of carboxylic acids is 1. The van der Waals surface area contributed by atoms with Gasteiger partial charge in [-0.3, -0.25) is 4.79 Å². The van der Waals surface area contributed by atoms with Crippen molar-refractivity contribution in [1.82, 2.24) is 5.06 Å². The molecule has 0 aromatic carbocycles. The lowest BCUT2D eigenvalue weighted by molar-refractivity contribution is -0.252. The molecular weight excluding hydrogens is 196 g/mol. The number of nitrogens with two attached hydrogens (primary N) is 1. The predicted octanol–water partition coefficient (Wildman–Crippen LogP) is 0.769. The van der Waals surface area contributed by atoms with Gasteiger partial charge >= 0.3 is 5.97 Å². The van der Waals surface area contributed by atoms with Crippen molar-refractivity contribution in [3.05, 3.63) is 0 Å². The summed E-state index contributed by atoms with van der Waals surface area (Å²) < 4.78 is 0. The average molecular weight is 215 g/mol. The first kappa shape index (κ1) is 12.4. The topological polar surface area (TPSA) is 86.5 Å². The molecule has 0 bridgehead atoms. The highest BCUT2D eigenvalue weighted by Crippen LogP contribution is 2.41. The molecule has 15 heavy (non-hydrogen) atoms. The number of nitrogens with zero attached hydrogens (tertiary/aromatic N) is 1. The molecular formula is C10H19N2O3. The van der Waals surface area contributed by atoms with E-state index in [1.54, 1.807) is 0 Å². The Kier molecular flexibility index (Phi) is 3.38. The highest BCUT2D eigenvalue weighted by molar-refractivity contribution is 5.66. The van der Waals surface area contributed by atoms with E-state index in [0.29, 0.717) is 13.0 Å². The number of rotatable bonds is 4. The molecule has 1 heterocycles. The molecule has 1 aliphatic heterocycles. The highest BCUT2D eigenvalue weighted by Gasteiger charge is 2.49. The quantitative estimate of drug-likeness (QED) is 0.725. The summed E-state index contributed by atoms with van der Waals surface area (Å²) in [5.41, 5.74) is 4.49. The van der Waals surface area contributed by atoms with E-state index in [0.717, 1.165) is 17.9 Å². The molecule has 1 rings (SSSR count). The van der Waals surface area contributed by atoms with Crippen LogP contribution in [0.5, 0.6) is 0 Å². The molecule has 0 spiro atoms. The van der Waals surface area contributed by atoms with Gasteiger partial charge in [0.1, 0.15) is 0 Å². The van der Waals surface area contributed by atoms with E-state index in [4.69, 9.17) is 10.8 Å². The molecule has 1 radical (unpaired) electrons. The third-order valence-corrected chi connectivity index (χ3v) is 3.50. The summed E-state index contributed by atoms with van der Waals surface area (Å²) in [6, 6.07) is 0. The first-order chi connectivity index (χ1) is 6.84.